The molecule has 0 aliphatic heterocycles. The molecule has 2 aromatic heterocycles. The number of pyridine rings is 1. The first-order valence-corrected chi connectivity index (χ1v) is 7.09. The van der Waals surface area contributed by atoms with Crippen molar-refractivity contribution in [1.82, 2.24) is 4.98 Å². The molecule has 4 heteroatoms. The second-order valence-electron chi connectivity index (χ2n) is 5.13. The van der Waals surface area contributed by atoms with Gasteiger partial charge in [-0.25, -0.2) is 4.79 Å². The van der Waals surface area contributed by atoms with Crippen LogP contribution in [0, 0.1) is 11.3 Å². The Kier molecular flexibility index (Phi) is 2.92. The van der Waals surface area contributed by atoms with Gasteiger partial charge in [-0.05, 0) is 17.7 Å². The van der Waals surface area contributed by atoms with E-state index in [0.29, 0.717) is 22.0 Å². The van der Waals surface area contributed by atoms with Crippen LogP contribution in [0.1, 0.15) is 5.56 Å². The van der Waals surface area contributed by atoms with Crippen LogP contribution >= 0.6 is 0 Å². The number of nitriles is 1. The van der Waals surface area contributed by atoms with Crippen molar-refractivity contribution in [3.05, 3.63) is 76.8 Å². The van der Waals surface area contributed by atoms with E-state index in [1.54, 1.807) is 6.20 Å². The van der Waals surface area contributed by atoms with Gasteiger partial charge in [-0.3, -0.25) is 4.98 Å². The van der Waals surface area contributed by atoms with Gasteiger partial charge in [0.1, 0.15) is 17.1 Å². The Morgan fingerprint density at radius 3 is 2.61 bits per heavy atom. The van der Waals surface area contributed by atoms with E-state index < -0.39 is 5.63 Å². The Balaban J connectivity index is 2.26. The van der Waals surface area contributed by atoms with Gasteiger partial charge in [0.15, 0.2) is 5.58 Å². The third-order valence-electron chi connectivity index (χ3n) is 3.82. The van der Waals surface area contributed by atoms with E-state index in [0.717, 1.165) is 10.9 Å². The summed E-state index contributed by atoms with van der Waals surface area (Å²) in [5.41, 5.74) is 1.79. The molecule has 4 nitrogen and oxygen atoms in total. The molecule has 2 heterocycles. The van der Waals surface area contributed by atoms with E-state index in [1.807, 2.05) is 60.7 Å². The van der Waals surface area contributed by atoms with Gasteiger partial charge in [-0.1, -0.05) is 42.5 Å². The van der Waals surface area contributed by atoms with Gasteiger partial charge in [0.2, 0.25) is 0 Å². The quantitative estimate of drug-likeness (QED) is 0.395. The summed E-state index contributed by atoms with van der Waals surface area (Å²) in [5, 5.41) is 11.0. The minimum atomic E-state index is -0.642. The predicted molar refractivity (Wildman–Crippen MR) is 87.9 cm³/mol. The highest BCUT2D eigenvalue weighted by Crippen LogP contribution is 2.33. The van der Waals surface area contributed by atoms with Crippen molar-refractivity contribution in [2.75, 3.05) is 0 Å². The third kappa shape index (κ3) is 1.99. The van der Waals surface area contributed by atoms with Crippen molar-refractivity contribution in [3.63, 3.8) is 0 Å². The van der Waals surface area contributed by atoms with Crippen LogP contribution in [0.25, 0.3) is 33.0 Å². The summed E-state index contributed by atoms with van der Waals surface area (Å²) in [4.78, 5) is 16.6. The predicted octanol–water partition coefficient (Wildman–Crippen LogP) is 3.88. The molecule has 2 aromatic carbocycles. The molecule has 0 fully saturated rings. The molecule has 4 rings (SSSR count). The number of fused-ring (bicyclic) bond motifs is 3. The van der Waals surface area contributed by atoms with Crippen molar-refractivity contribution >= 4 is 21.9 Å². The molecule has 0 N–H and O–H groups in total. The molecule has 0 aliphatic carbocycles. The molecule has 23 heavy (non-hydrogen) atoms. The van der Waals surface area contributed by atoms with Gasteiger partial charge in [0.05, 0.1) is 0 Å². The number of nitrogens with zero attached hydrogens (tertiary/aromatic N) is 2. The van der Waals surface area contributed by atoms with E-state index in [9.17, 15) is 10.1 Å². The molecule has 0 radical (unpaired) electrons. The first-order valence-electron chi connectivity index (χ1n) is 7.09. The molecule has 0 saturated heterocycles. The fraction of sp³-hybridized carbons (Fsp3) is 0. The normalized spacial score (nSPS) is 10.7. The highest BCUT2D eigenvalue weighted by atomic mass is 16.4. The first kappa shape index (κ1) is 13.2. The second kappa shape index (κ2) is 5.08. The van der Waals surface area contributed by atoms with Gasteiger partial charge in [0.25, 0.3) is 0 Å². The molecule has 0 amide bonds. The zero-order valence-corrected chi connectivity index (χ0v) is 12.0. The van der Waals surface area contributed by atoms with E-state index in [2.05, 4.69) is 4.98 Å². The molecular weight excluding hydrogens is 288 g/mol. The van der Waals surface area contributed by atoms with Crippen molar-refractivity contribution < 1.29 is 4.42 Å². The smallest absolute Gasteiger partial charge is 0.355 e. The van der Waals surface area contributed by atoms with Gasteiger partial charge in [0, 0.05) is 22.5 Å². The van der Waals surface area contributed by atoms with Crippen molar-refractivity contribution in [1.29, 1.82) is 5.26 Å². The van der Waals surface area contributed by atoms with Crippen LogP contribution in [0.4, 0.5) is 0 Å². The van der Waals surface area contributed by atoms with E-state index in [4.69, 9.17) is 4.42 Å². The Hall–Kier alpha value is -3.45. The maximum absolute atomic E-state index is 12.3. The summed E-state index contributed by atoms with van der Waals surface area (Å²) < 4.78 is 5.42. The molecule has 0 atom stereocenters. The van der Waals surface area contributed by atoms with Crippen LogP contribution in [0.15, 0.2) is 70.0 Å². The van der Waals surface area contributed by atoms with E-state index in [1.165, 1.54) is 0 Å². The van der Waals surface area contributed by atoms with Gasteiger partial charge < -0.3 is 4.42 Å². The highest BCUT2D eigenvalue weighted by Gasteiger charge is 2.17. The van der Waals surface area contributed by atoms with Crippen molar-refractivity contribution in [2.24, 2.45) is 0 Å². The minimum Gasteiger partial charge on any atom is -0.419 e. The van der Waals surface area contributed by atoms with Crippen LogP contribution in [0.2, 0.25) is 0 Å². The van der Waals surface area contributed by atoms with Gasteiger partial charge in [-0.2, -0.15) is 5.26 Å². The van der Waals surface area contributed by atoms with E-state index in [-0.39, 0.29) is 5.56 Å². The highest BCUT2D eigenvalue weighted by molar-refractivity contribution is 6.07. The summed E-state index contributed by atoms with van der Waals surface area (Å²) in [6.07, 6.45) is 1.65. The molecule has 108 valence electrons. The molecule has 0 spiro atoms. The van der Waals surface area contributed by atoms with Crippen LogP contribution in [-0.4, -0.2) is 4.98 Å². The zero-order chi connectivity index (χ0) is 15.8. The fourth-order valence-electron chi connectivity index (χ4n) is 2.81. The van der Waals surface area contributed by atoms with Gasteiger partial charge >= 0.3 is 5.63 Å². The summed E-state index contributed by atoms with van der Waals surface area (Å²) in [6.45, 7) is 0. The van der Waals surface area contributed by atoms with Crippen LogP contribution in [0.5, 0.6) is 0 Å². The lowest BCUT2D eigenvalue weighted by molar-refractivity contribution is 0.561. The Morgan fingerprint density at radius 1 is 1.00 bits per heavy atom. The number of hydrogen-bond donors (Lipinski definition) is 0. The van der Waals surface area contributed by atoms with Crippen molar-refractivity contribution in [3.8, 4) is 17.2 Å². The first-order chi connectivity index (χ1) is 11.3. The van der Waals surface area contributed by atoms with Crippen LogP contribution in [0.3, 0.4) is 0 Å². The summed E-state index contributed by atoms with van der Waals surface area (Å²) in [5.74, 6) is 0. The lowest BCUT2D eigenvalue weighted by Crippen LogP contribution is -2.07. The minimum absolute atomic E-state index is 0.0129. The maximum Gasteiger partial charge on any atom is 0.355 e. The lowest BCUT2D eigenvalue weighted by atomic mass is 9.97. The summed E-state index contributed by atoms with van der Waals surface area (Å²) in [6, 6.07) is 18.9. The fourth-order valence-corrected chi connectivity index (χ4v) is 2.81. The molecule has 0 unspecified atom stereocenters. The molecular formula is C19H10N2O2. The topological polar surface area (TPSA) is 66.9 Å². The summed E-state index contributed by atoms with van der Waals surface area (Å²) in [7, 11) is 0. The number of rotatable bonds is 1. The monoisotopic (exact) mass is 298 g/mol. The van der Waals surface area contributed by atoms with Gasteiger partial charge in [-0.15, -0.1) is 0 Å². The molecule has 0 saturated carbocycles. The largest absolute Gasteiger partial charge is 0.419 e. The lowest BCUT2D eigenvalue weighted by Gasteiger charge is -2.09. The Bertz CT molecular complexity index is 1140. The van der Waals surface area contributed by atoms with Crippen LogP contribution in [-0.2, 0) is 0 Å². The Morgan fingerprint density at radius 2 is 1.83 bits per heavy atom. The molecule has 0 bridgehead atoms. The Labute approximate surface area is 131 Å². The number of benzene rings is 2. The number of hydrogen-bond acceptors (Lipinski definition) is 4. The third-order valence-corrected chi connectivity index (χ3v) is 3.82. The SMILES string of the molecule is N#Cc1c(-c2ccccc2)c2ccc3cccnc3c2oc1=O. The zero-order valence-electron chi connectivity index (χ0n) is 12.0. The average Bonchev–Trinajstić information content (AvgIpc) is 2.61. The average molecular weight is 298 g/mol. The molecule has 4 aromatic rings. The standard InChI is InChI=1S/C19H10N2O2/c20-11-15-16(12-5-2-1-3-6-12)14-9-8-13-7-4-10-21-17(13)18(14)23-19(15)22/h1-10H. The maximum atomic E-state index is 12.3. The van der Waals surface area contributed by atoms with E-state index >= 15 is 0 Å². The second-order valence-corrected chi connectivity index (χ2v) is 5.13. The van der Waals surface area contributed by atoms with Crippen LogP contribution < -0.4 is 5.63 Å². The molecule has 0 aliphatic rings. The number of aromatic nitrogens is 1. The van der Waals surface area contributed by atoms with Crippen molar-refractivity contribution in [2.45, 2.75) is 0 Å². The summed E-state index contributed by atoms with van der Waals surface area (Å²) >= 11 is 0.